The van der Waals surface area contributed by atoms with Gasteiger partial charge in [-0.2, -0.15) is 5.10 Å². The highest BCUT2D eigenvalue weighted by Crippen LogP contribution is 2.10. The number of para-hydroxylation sites is 1. The Labute approximate surface area is 142 Å². The van der Waals surface area contributed by atoms with E-state index in [-0.39, 0.29) is 17.2 Å². The minimum Gasteiger partial charge on any atom is -0.347 e. The molecule has 25 heavy (non-hydrogen) atoms. The minimum absolute atomic E-state index is 0.217. The molecule has 4 rings (SSSR count). The number of carbonyl (C=O) groups is 1. The van der Waals surface area contributed by atoms with Crippen LogP contribution in [-0.2, 0) is 6.54 Å². The second-order valence-electron chi connectivity index (χ2n) is 5.56. The van der Waals surface area contributed by atoms with Gasteiger partial charge in [0.25, 0.3) is 11.5 Å². The Balaban J connectivity index is 1.54. The van der Waals surface area contributed by atoms with E-state index in [9.17, 15) is 9.59 Å². The topological polar surface area (TPSA) is 84.2 Å². The van der Waals surface area contributed by atoms with E-state index in [1.165, 1.54) is 10.7 Å². The quantitative estimate of drug-likeness (QED) is 0.597. The number of carbonyl (C=O) groups excluding carboxylic acids is 1. The molecule has 3 heterocycles. The zero-order chi connectivity index (χ0) is 17.2. The Morgan fingerprint density at radius 1 is 1.12 bits per heavy atom. The molecular formula is C18H15N5O2. The van der Waals surface area contributed by atoms with Crippen LogP contribution in [0.1, 0.15) is 16.1 Å². The fraction of sp³-hybridized carbons (Fsp3) is 0.0556. The maximum Gasteiger partial charge on any atom is 0.271 e. The van der Waals surface area contributed by atoms with E-state index in [4.69, 9.17) is 0 Å². The molecule has 0 aliphatic heterocycles. The summed E-state index contributed by atoms with van der Waals surface area (Å²) >= 11 is 0. The molecule has 0 aliphatic rings. The van der Waals surface area contributed by atoms with Gasteiger partial charge in [-0.05, 0) is 29.8 Å². The highest BCUT2D eigenvalue weighted by molar-refractivity contribution is 5.92. The molecule has 0 spiro atoms. The van der Waals surface area contributed by atoms with Gasteiger partial charge in [0.05, 0.1) is 11.2 Å². The molecule has 124 valence electrons. The van der Waals surface area contributed by atoms with Gasteiger partial charge in [0.2, 0.25) is 0 Å². The molecule has 0 bridgehead atoms. The maximum atomic E-state index is 12.4. The number of rotatable bonds is 4. The van der Waals surface area contributed by atoms with Gasteiger partial charge >= 0.3 is 0 Å². The summed E-state index contributed by atoms with van der Waals surface area (Å²) in [6.07, 6.45) is 3.55. The Morgan fingerprint density at radius 2 is 1.96 bits per heavy atom. The molecule has 0 aliphatic carbocycles. The Bertz CT molecular complexity index is 1090. The molecule has 0 atom stereocenters. The average molecular weight is 333 g/mol. The van der Waals surface area contributed by atoms with Crippen LogP contribution in [0.4, 0.5) is 0 Å². The van der Waals surface area contributed by atoms with Gasteiger partial charge < -0.3 is 5.32 Å². The molecular weight excluding hydrogens is 318 g/mol. The van der Waals surface area contributed by atoms with E-state index in [0.29, 0.717) is 12.2 Å². The number of hydrogen-bond donors (Lipinski definition) is 2. The molecule has 7 heteroatoms. The second kappa shape index (κ2) is 6.12. The maximum absolute atomic E-state index is 12.4. The summed E-state index contributed by atoms with van der Waals surface area (Å²) in [7, 11) is 0. The van der Waals surface area contributed by atoms with Crippen LogP contribution in [0.5, 0.6) is 0 Å². The zero-order valence-electron chi connectivity index (χ0n) is 13.2. The van der Waals surface area contributed by atoms with Crippen molar-refractivity contribution < 1.29 is 4.79 Å². The molecule has 0 saturated carbocycles. The number of fused-ring (bicyclic) bond motifs is 1. The van der Waals surface area contributed by atoms with Crippen LogP contribution in [0.2, 0.25) is 0 Å². The van der Waals surface area contributed by atoms with Gasteiger partial charge in [0, 0.05) is 25.0 Å². The van der Waals surface area contributed by atoms with Gasteiger partial charge in [-0.3, -0.25) is 14.7 Å². The molecule has 0 radical (unpaired) electrons. The summed E-state index contributed by atoms with van der Waals surface area (Å²) in [5.74, 6) is -0.340. The van der Waals surface area contributed by atoms with Crippen molar-refractivity contribution in [2.45, 2.75) is 6.54 Å². The predicted molar refractivity (Wildman–Crippen MR) is 92.8 cm³/mol. The van der Waals surface area contributed by atoms with Crippen molar-refractivity contribution in [1.29, 1.82) is 0 Å². The van der Waals surface area contributed by atoms with Crippen molar-refractivity contribution >= 4 is 11.4 Å². The summed E-state index contributed by atoms with van der Waals surface area (Å²) in [4.78, 5) is 24.5. The van der Waals surface area contributed by atoms with Gasteiger partial charge in [-0.25, -0.2) is 9.20 Å². The van der Waals surface area contributed by atoms with Crippen molar-refractivity contribution in [2.24, 2.45) is 0 Å². The van der Waals surface area contributed by atoms with Crippen molar-refractivity contribution in [3.8, 4) is 5.69 Å². The Kier molecular flexibility index (Phi) is 3.66. The van der Waals surface area contributed by atoms with Crippen LogP contribution in [0.25, 0.3) is 11.2 Å². The lowest BCUT2D eigenvalue weighted by Crippen LogP contribution is -2.23. The molecule has 1 aromatic carbocycles. The van der Waals surface area contributed by atoms with Crippen LogP contribution in [0.3, 0.4) is 0 Å². The number of pyridine rings is 1. The number of hydrogen-bond acceptors (Lipinski definition) is 3. The third kappa shape index (κ3) is 2.83. The zero-order valence-corrected chi connectivity index (χ0v) is 13.2. The van der Waals surface area contributed by atoms with Crippen LogP contribution in [-0.4, -0.2) is 25.3 Å². The average Bonchev–Trinajstić information content (AvgIpc) is 3.27. The molecule has 0 unspecified atom stereocenters. The molecule has 1 amide bonds. The van der Waals surface area contributed by atoms with Crippen molar-refractivity contribution in [3.63, 3.8) is 0 Å². The lowest BCUT2D eigenvalue weighted by atomic mass is 10.2. The summed E-state index contributed by atoms with van der Waals surface area (Å²) in [6, 6.07) is 16.1. The van der Waals surface area contributed by atoms with E-state index in [2.05, 4.69) is 15.5 Å². The molecule has 4 aromatic rings. The summed E-state index contributed by atoms with van der Waals surface area (Å²) in [5.41, 5.74) is 2.48. The van der Waals surface area contributed by atoms with Crippen LogP contribution >= 0.6 is 0 Å². The second-order valence-corrected chi connectivity index (χ2v) is 5.56. The predicted octanol–water partition coefficient (Wildman–Crippen LogP) is 1.74. The Morgan fingerprint density at radius 3 is 2.80 bits per heavy atom. The van der Waals surface area contributed by atoms with Gasteiger partial charge in [-0.15, -0.1) is 0 Å². The van der Waals surface area contributed by atoms with Gasteiger partial charge in [0.1, 0.15) is 5.69 Å². The largest absolute Gasteiger partial charge is 0.347 e. The van der Waals surface area contributed by atoms with E-state index >= 15 is 0 Å². The number of aromatic amines is 1. The fourth-order valence-corrected chi connectivity index (χ4v) is 2.71. The van der Waals surface area contributed by atoms with Gasteiger partial charge in [-0.1, -0.05) is 24.3 Å². The lowest BCUT2D eigenvalue weighted by Gasteiger charge is -2.06. The highest BCUT2D eigenvalue weighted by atomic mass is 16.2. The first-order valence-corrected chi connectivity index (χ1v) is 7.79. The standard InChI is InChI=1S/C18H15N5O2/c24-17-11-15(21-23(17)14-6-2-1-3-7-14)18(25)19-12-13-5-4-10-22-16(13)8-9-20-22/h1-11,21H,12H2,(H,19,25). The first-order chi connectivity index (χ1) is 12.2. The molecule has 7 nitrogen and oxygen atoms in total. The highest BCUT2D eigenvalue weighted by Gasteiger charge is 2.12. The molecule has 0 fully saturated rings. The summed E-state index contributed by atoms with van der Waals surface area (Å²) in [5, 5.41) is 9.83. The molecule has 2 N–H and O–H groups in total. The van der Waals surface area contributed by atoms with Crippen molar-refractivity contribution in [2.75, 3.05) is 0 Å². The number of benzene rings is 1. The summed E-state index contributed by atoms with van der Waals surface area (Å²) < 4.78 is 3.09. The van der Waals surface area contributed by atoms with Crippen LogP contribution in [0, 0.1) is 0 Å². The summed E-state index contributed by atoms with van der Waals surface area (Å²) in [6.45, 7) is 0.341. The number of nitrogens with zero attached hydrogens (tertiary/aromatic N) is 3. The number of aromatic nitrogens is 4. The third-order valence-electron chi connectivity index (χ3n) is 3.94. The smallest absolute Gasteiger partial charge is 0.271 e. The van der Waals surface area contributed by atoms with E-state index < -0.39 is 0 Å². The van der Waals surface area contributed by atoms with Crippen LogP contribution in [0.15, 0.2) is 71.8 Å². The van der Waals surface area contributed by atoms with E-state index in [1.807, 2.05) is 42.6 Å². The molecule has 0 saturated heterocycles. The van der Waals surface area contributed by atoms with E-state index in [0.717, 1.165) is 11.1 Å². The lowest BCUT2D eigenvalue weighted by molar-refractivity contribution is 0.0945. The van der Waals surface area contributed by atoms with Crippen LogP contribution < -0.4 is 10.9 Å². The third-order valence-corrected chi connectivity index (χ3v) is 3.94. The van der Waals surface area contributed by atoms with Crippen molar-refractivity contribution in [1.82, 2.24) is 24.7 Å². The van der Waals surface area contributed by atoms with Crippen molar-refractivity contribution in [3.05, 3.63) is 88.6 Å². The SMILES string of the molecule is O=C(NCc1cccn2nccc12)c1cc(=O)n(-c2ccccc2)[nH]1. The number of amides is 1. The fourth-order valence-electron chi connectivity index (χ4n) is 2.71. The first-order valence-electron chi connectivity index (χ1n) is 7.79. The molecule has 3 aromatic heterocycles. The monoisotopic (exact) mass is 333 g/mol. The van der Waals surface area contributed by atoms with Gasteiger partial charge in [0.15, 0.2) is 0 Å². The normalized spacial score (nSPS) is 10.9. The minimum atomic E-state index is -0.340. The number of nitrogens with one attached hydrogen (secondary N) is 2. The Hall–Kier alpha value is -3.61. The first kappa shape index (κ1) is 14.9. The number of H-pyrrole nitrogens is 1. The van der Waals surface area contributed by atoms with E-state index in [1.54, 1.807) is 22.8 Å².